The van der Waals surface area contributed by atoms with Crippen LogP contribution in [0.3, 0.4) is 0 Å². The van der Waals surface area contributed by atoms with Crippen molar-refractivity contribution in [1.29, 1.82) is 0 Å². The van der Waals surface area contributed by atoms with Gasteiger partial charge in [-0.3, -0.25) is 14.8 Å². The number of nitrogens with zero attached hydrogens (tertiary/aromatic N) is 3. The monoisotopic (exact) mass is 389 g/mol. The zero-order valence-electron chi connectivity index (χ0n) is 16.7. The van der Waals surface area contributed by atoms with Crippen LogP contribution in [0, 0.1) is 0 Å². The van der Waals surface area contributed by atoms with E-state index in [-0.39, 0.29) is 0 Å². The summed E-state index contributed by atoms with van der Waals surface area (Å²) in [4.78, 5) is 9.52. The summed E-state index contributed by atoms with van der Waals surface area (Å²) in [5.41, 5.74) is 4.95. The first-order valence-corrected chi connectivity index (χ1v) is 10.5. The van der Waals surface area contributed by atoms with Crippen LogP contribution >= 0.6 is 0 Å². The third-order valence-corrected chi connectivity index (χ3v) is 5.85. The number of fused-ring (bicyclic) bond motifs is 3. The predicted molar refractivity (Wildman–Crippen MR) is 114 cm³/mol. The van der Waals surface area contributed by atoms with Crippen LogP contribution in [0.1, 0.15) is 16.7 Å². The fraction of sp³-hybridized carbons (Fsp3) is 0.375. The first-order valence-electron chi connectivity index (χ1n) is 10.5. The molecule has 5 rings (SSSR count). The van der Waals surface area contributed by atoms with Crippen molar-refractivity contribution in [3.05, 3.63) is 71.4 Å². The SMILES string of the molecule is c1ccc(CCN2COc3c(cc(CN4CCOCC4)c4cccnc34)C2)cc1. The van der Waals surface area contributed by atoms with E-state index in [0.717, 1.165) is 63.6 Å². The first kappa shape index (κ1) is 18.6. The molecular weight excluding hydrogens is 362 g/mol. The summed E-state index contributed by atoms with van der Waals surface area (Å²) in [7, 11) is 0. The van der Waals surface area contributed by atoms with E-state index in [2.05, 4.69) is 57.2 Å². The fourth-order valence-electron chi connectivity index (χ4n) is 4.28. The topological polar surface area (TPSA) is 37.8 Å². The maximum atomic E-state index is 6.21. The molecular formula is C24H27N3O2. The molecule has 150 valence electrons. The Kier molecular flexibility index (Phi) is 5.43. The lowest BCUT2D eigenvalue weighted by molar-refractivity contribution is 0.0343. The molecule has 0 radical (unpaired) electrons. The van der Waals surface area contributed by atoms with Gasteiger partial charge in [0.1, 0.15) is 12.2 Å². The third-order valence-electron chi connectivity index (χ3n) is 5.85. The van der Waals surface area contributed by atoms with Crippen LogP contribution in [-0.4, -0.2) is 54.4 Å². The molecule has 1 saturated heterocycles. The summed E-state index contributed by atoms with van der Waals surface area (Å²) in [5.74, 6) is 0.960. The molecule has 3 heterocycles. The molecule has 2 aliphatic rings. The van der Waals surface area contributed by atoms with Crippen molar-refractivity contribution in [3.63, 3.8) is 0 Å². The van der Waals surface area contributed by atoms with Crippen molar-refractivity contribution in [2.24, 2.45) is 0 Å². The molecule has 0 spiro atoms. The Bertz CT molecular complexity index is 971. The van der Waals surface area contributed by atoms with Crippen molar-refractivity contribution in [2.75, 3.05) is 39.6 Å². The van der Waals surface area contributed by atoms with Gasteiger partial charge in [-0.25, -0.2) is 0 Å². The molecule has 3 aromatic rings. The van der Waals surface area contributed by atoms with Gasteiger partial charge in [0.2, 0.25) is 0 Å². The Morgan fingerprint density at radius 1 is 0.966 bits per heavy atom. The van der Waals surface area contributed by atoms with Gasteiger partial charge >= 0.3 is 0 Å². The first-order chi connectivity index (χ1) is 14.4. The molecule has 0 N–H and O–H groups in total. The van der Waals surface area contributed by atoms with Crippen LogP contribution in [0.25, 0.3) is 10.9 Å². The van der Waals surface area contributed by atoms with Gasteiger partial charge in [0.15, 0.2) is 5.75 Å². The standard InChI is InChI=1S/C24H27N3O2/c1-2-5-19(6-3-1)8-10-27-17-21-15-20(16-26-11-13-28-14-12-26)22-7-4-9-25-23(22)24(21)29-18-27/h1-7,9,15H,8,10-14,16-18H2. The number of pyridine rings is 1. The Hall–Kier alpha value is -2.47. The molecule has 1 fully saturated rings. The van der Waals surface area contributed by atoms with Gasteiger partial charge in [-0.15, -0.1) is 0 Å². The van der Waals surface area contributed by atoms with Crippen molar-refractivity contribution in [2.45, 2.75) is 19.5 Å². The van der Waals surface area contributed by atoms with E-state index in [1.54, 1.807) is 0 Å². The van der Waals surface area contributed by atoms with Gasteiger partial charge in [0.25, 0.3) is 0 Å². The van der Waals surface area contributed by atoms with Crippen molar-refractivity contribution in [1.82, 2.24) is 14.8 Å². The highest BCUT2D eigenvalue weighted by Gasteiger charge is 2.23. The second kappa shape index (κ2) is 8.49. The Morgan fingerprint density at radius 2 is 1.83 bits per heavy atom. The summed E-state index contributed by atoms with van der Waals surface area (Å²) in [6.45, 7) is 7.05. The maximum Gasteiger partial charge on any atom is 0.152 e. The molecule has 5 heteroatoms. The van der Waals surface area contributed by atoms with Gasteiger partial charge < -0.3 is 9.47 Å². The Morgan fingerprint density at radius 3 is 2.69 bits per heavy atom. The van der Waals surface area contributed by atoms with E-state index >= 15 is 0 Å². The van der Waals surface area contributed by atoms with Crippen molar-refractivity contribution >= 4 is 10.9 Å². The molecule has 0 amide bonds. The van der Waals surface area contributed by atoms with E-state index in [4.69, 9.17) is 9.47 Å². The molecule has 2 aliphatic heterocycles. The minimum atomic E-state index is 0.619. The van der Waals surface area contributed by atoms with Gasteiger partial charge in [-0.1, -0.05) is 36.4 Å². The molecule has 0 bridgehead atoms. The maximum absolute atomic E-state index is 6.21. The smallest absolute Gasteiger partial charge is 0.152 e. The van der Waals surface area contributed by atoms with E-state index in [0.29, 0.717) is 6.73 Å². The predicted octanol–water partition coefficient (Wildman–Crippen LogP) is 3.46. The molecule has 0 unspecified atom stereocenters. The van der Waals surface area contributed by atoms with Crippen LogP contribution in [-0.2, 0) is 24.2 Å². The summed E-state index contributed by atoms with van der Waals surface area (Å²) >= 11 is 0. The Labute approximate surface area is 171 Å². The van der Waals surface area contributed by atoms with Gasteiger partial charge in [-0.2, -0.15) is 0 Å². The van der Waals surface area contributed by atoms with Gasteiger partial charge in [-0.05, 0) is 29.7 Å². The highest BCUT2D eigenvalue weighted by atomic mass is 16.5. The number of ether oxygens (including phenoxy) is 2. The van der Waals surface area contributed by atoms with Crippen LogP contribution in [0.5, 0.6) is 5.75 Å². The molecule has 0 aliphatic carbocycles. The molecule has 1 aromatic heterocycles. The van der Waals surface area contributed by atoms with E-state index in [9.17, 15) is 0 Å². The zero-order valence-corrected chi connectivity index (χ0v) is 16.7. The number of rotatable bonds is 5. The second-order valence-electron chi connectivity index (χ2n) is 7.87. The molecule has 0 saturated carbocycles. The van der Waals surface area contributed by atoms with Crippen molar-refractivity contribution < 1.29 is 9.47 Å². The highest BCUT2D eigenvalue weighted by molar-refractivity contribution is 5.89. The number of benzene rings is 2. The van der Waals surface area contributed by atoms with Gasteiger partial charge in [0, 0.05) is 49.9 Å². The Balaban J connectivity index is 1.38. The quantitative estimate of drug-likeness (QED) is 0.668. The number of morpholine rings is 1. The van der Waals surface area contributed by atoms with E-state index in [1.807, 2.05) is 12.3 Å². The largest absolute Gasteiger partial charge is 0.475 e. The minimum Gasteiger partial charge on any atom is -0.475 e. The van der Waals surface area contributed by atoms with Crippen LogP contribution in [0.15, 0.2) is 54.7 Å². The molecule has 2 aromatic carbocycles. The molecule has 5 nitrogen and oxygen atoms in total. The lowest BCUT2D eigenvalue weighted by Crippen LogP contribution is -2.36. The summed E-state index contributed by atoms with van der Waals surface area (Å²) in [6, 6.07) is 17.2. The van der Waals surface area contributed by atoms with Gasteiger partial charge in [0.05, 0.1) is 13.2 Å². The van der Waals surface area contributed by atoms with E-state index < -0.39 is 0 Å². The van der Waals surface area contributed by atoms with Crippen molar-refractivity contribution in [3.8, 4) is 5.75 Å². The van der Waals surface area contributed by atoms with Crippen LogP contribution < -0.4 is 4.74 Å². The number of hydrogen-bond donors (Lipinski definition) is 0. The lowest BCUT2D eigenvalue weighted by Gasteiger charge is -2.31. The van der Waals surface area contributed by atoms with Crippen LogP contribution in [0.2, 0.25) is 0 Å². The fourth-order valence-corrected chi connectivity index (χ4v) is 4.28. The summed E-state index contributed by atoms with van der Waals surface area (Å²) < 4.78 is 11.7. The average molecular weight is 389 g/mol. The van der Waals surface area contributed by atoms with E-state index in [1.165, 1.54) is 22.1 Å². The lowest BCUT2D eigenvalue weighted by atomic mass is 10.0. The molecule has 0 atom stereocenters. The average Bonchev–Trinajstić information content (AvgIpc) is 2.79. The highest BCUT2D eigenvalue weighted by Crippen LogP contribution is 2.35. The third kappa shape index (κ3) is 4.13. The second-order valence-corrected chi connectivity index (χ2v) is 7.87. The molecule has 29 heavy (non-hydrogen) atoms. The zero-order chi connectivity index (χ0) is 19.5. The number of hydrogen-bond acceptors (Lipinski definition) is 5. The number of aromatic nitrogens is 1. The summed E-state index contributed by atoms with van der Waals surface area (Å²) in [5, 5.41) is 1.20. The normalized spacial score (nSPS) is 17.8. The minimum absolute atomic E-state index is 0.619. The van der Waals surface area contributed by atoms with Crippen LogP contribution in [0.4, 0.5) is 0 Å². The summed E-state index contributed by atoms with van der Waals surface area (Å²) in [6.07, 6.45) is 2.90.